The summed E-state index contributed by atoms with van der Waals surface area (Å²) < 4.78 is 17.2. The van der Waals surface area contributed by atoms with Gasteiger partial charge in [0.05, 0.1) is 34.4 Å². The van der Waals surface area contributed by atoms with Crippen molar-refractivity contribution in [2.45, 2.75) is 193 Å². The van der Waals surface area contributed by atoms with Crippen LogP contribution in [-0.2, 0) is 28.6 Å². The molecule has 0 amide bonds. The quantitative estimate of drug-likeness (QED) is 0.0407. The molecule has 0 aliphatic rings. The molecule has 0 aromatic rings. The van der Waals surface area contributed by atoms with Gasteiger partial charge in [-0.3, -0.25) is 9.59 Å². The second-order valence-corrected chi connectivity index (χ2v) is 14.6. The third-order valence-electron chi connectivity index (χ3n) is 9.01. The summed E-state index contributed by atoms with van der Waals surface area (Å²) in [5, 5.41) is 9.57. The summed E-state index contributed by atoms with van der Waals surface area (Å²) in [5.41, 5.74) is 0. The average molecular weight is 671 g/mol. The average Bonchev–Trinajstić information content (AvgIpc) is 3.01. The number of carbonyl (C=O) groups is 3. The number of unbranched alkanes of at least 4 members (excludes halogenated alkanes) is 21. The number of hydrogen-bond acceptors (Lipinski definition) is 6. The predicted octanol–water partition coefficient (Wildman–Crippen LogP) is 9.80. The number of aliphatic carboxylic acids is 1. The monoisotopic (exact) mass is 671 g/mol. The van der Waals surface area contributed by atoms with Gasteiger partial charge in [-0.25, -0.2) is 4.79 Å². The number of likely N-dealkylation sites (N-methyl/N-ethyl adjacent to an activating group) is 1. The Morgan fingerprint density at radius 1 is 0.553 bits per heavy atom. The van der Waals surface area contributed by atoms with E-state index in [0.717, 1.165) is 38.5 Å². The summed E-state index contributed by atoms with van der Waals surface area (Å²) in [4.78, 5) is 36.7. The van der Waals surface area contributed by atoms with E-state index in [2.05, 4.69) is 13.8 Å². The van der Waals surface area contributed by atoms with Crippen LogP contribution in [-0.4, -0.2) is 80.6 Å². The zero-order valence-corrected chi connectivity index (χ0v) is 31.5. The van der Waals surface area contributed by atoms with Gasteiger partial charge in [-0.15, -0.1) is 0 Å². The lowest BCUT2D eigenvalue weighted by molar-refractivity contribution is -0.887. The van der Waals surface area contributed by atoms with Gasteiger partial charge in [-0.05, 0) is 12.8 Å². The van der Waals surface area contributed by atoms with Crippen LogP contribution in [0.4, 0.5) is 0 Å². The SMILES string of the molecule is CCCCCCCCCCCCCCCCC(=O)OC(COCCC(C(=O)O)[N+](C)(C)C)COC(=O)CCCCCCCCCCC. The van der Waals surface area contributed by atoms with E-state index in [4.69, 9.17) is 14.2 Å². The van der Waals surface area contributed by atoms with Gasteiger partial charge in [-0.1, -0.05) is 149 Å². The fourth-order valence-corrected chi connectivity index (χ4v) is 5.91. The van der Waals surface area contributed by atoms with Gasteiger partial charge in [0.2, 0.25) is 0 Å². The summed E-state index contributed by atoms with van der Waals surface area (Å²) in [6.07, 6.45) is 28.5. The van der Waals surface area contributed by atoms with Crippen molar-refractivity contribution in [2.75, 3.05) is 41.0 Å². The number of carboxylic acid groups (broad SMARTS) is 1. The first-order chi connectivity index (χ1) is 22.6. The van der Waals surface area contributed by atoms with E-state index < -0.39 is 18.1 Å². The molecule has 8 nitrogen and oxygen atoms in total. The van der Waals surface area contributed by atoms with Crippen LogP contribution in [0, 0.1) is 0 Å². The molecule has 2 unspecified atom stereocenters. The minimum atomic E-state index is -0.873. The molecule has 0 heterocycles. The first-order valence-corrected chi connectivity index (χ1v) is 19.6. The summed E-state index contributed by atoms with van der Waals surface area (Å²) in [6, 6.07) is -0.606. The number of quaternary nitrogens is 1. The highest BCUT2D eigenvalue weighted by atomic mass is 16.6. The van der Waals surface area contributed by atoms with Crippen molar-refractivity contribution in [1.29, 1.82) is 0 Å². The van der Waals surface area contributed by atoms with Crippen LogP contribution >= 0.6 is 0 Å². The van der Waals surface area contributed by atoms with Crippen LogP contribution in [0.2, 0.25) is 0 Å². The molecule has 8 heteroatoms. The third-order valence-corrected chi connectivity index (χ3v) is 9.01. The van der Waals surface area contributed by atoms with Crippen LogP contribution < -0.4 is 0 Å². The van der Waals surface area contributed by atoms with Crippen LogP contribution in [0.15, 0.2) is 0 Å². The minimum absolute atomic E-state index is 0.0432. The van der Waals surface area contributed by atoms with Crippen molar-refractivity contribution in [1.82, 2.24) is 0 Å². The molecule has 0 bridgehead atoms. The molecule has 278 valence electrons. The Kier molecular flexibility index (Phi) is 30.5. The molecule has 47 heavy (non-hydrogen) atoms. The van der Waals surface area contributed by atoms with E-state index in [-0.39, 0.29) is 36.2 Å². The van der Waals surface area contributed by atoms with Crippen molar-refractivity contribution in [3.05, 3.63) is 0 Å². The van der Waals surface area contributed by atoms with Crippen molar-refractivity contribution < 1.29 is 38.2 Å². The van der Waals surface area contributed by atoms with Crippen LogP contribution in [0.25, 0.3) is 0 Å². The van der Waals surface area contributed by atoms with Gasteiger partial charge in [0, 0.05) is 19.3 Å². The molecular weight excluding hydrogens is 594 g/mol. The van der Waals surface area contributed by atoms with E-state index >= 15 is 0 Å². The number of hydrogen-bond donors (Lipinski definition) is 1. The largest absolute Gasteiger partial charge is 0.477 e. The van der Waals surface area contributed by atoms with Gasteiger partial charge < -0.3 is 23.8 Å². The minimum Gasteiger partial charge on any atom is -0.477 e. The van der Waals surface area contributed by atoms with E-state index in [1.165, 1.54) is 109 Å². The Morgan fingerprint density at radius 2 is 0.936 bits per heavy atom. The van der Waals surface area contributed by atoms with Gasteiger partial charge >= 0.3 is 17.9 Å². The molecule has 0 saturated carbocycles. The van der Waals surface area contributed by atoms with E-state index in [1.807, 2.05) is 21.1 Å². The smallest absolute Gasteiger partial charge is 0.362 e. The van der Waals surface area contributed by atoms with Gasteiger partial charge in [-0.2, -0.15) is 0 Å². The molecule has 0 saturated heterocycles. The molecule has 0 spiro atoms. The van der Waals surface area contributed by atoms with Gasteiger partial charge in [0.25, 0.3) is 0 Å². The van der Waals surface area contributed by atoms with Crippen molar-refractivity contribution in [2.24, 2.45) is 0 Å². The maximum Gasteiger partial charge on any atom is 0.362 e. The summed E-state index contributed by atoms with van der Waals surface area (Å²) in [6.45, 7) is 4.73. The number of nitrogens with zero attached hydrogens (tertiary/aromatic N) is 1. The maximum atomic E-state index is 12.6. The molecule has 2 atom stereocenters. The molecule has 0 aromatic heterocycles. The van der Waals surface area contributed by atoms with E-state index in [0.29, 0.717) is 19.3 Å². The molecular formula is C39H76NO7+. The van der Waals surface area contributed by atoms with E-state index in [1.54, 1.807) is 0 Å². The first kappa shape index (κ1) is 45.3. The summed E-state index contributed by atoms with van der Waals surface area (Å²) in [5.74, 6) is -1.46. The van der Waals surface area contributed by atoms with Crippen molar-refractivity contribution >= 4 is 17.9 Å². The Labute approximate surface area is 289 Å². The zero-order chi connectivity index (χ0) is 35.0. The van der Waals surface area contributed by atoms with Crippen LogP contribution in [0.3, 0.4) is 0 Å². The second-order valence-electron chi connectivity index (χ2n) is 14.6. The molecule has 1 N–H and O–H groups in total. The topological polar surface area (TPSA) is 99.1 Å². The lowest BCUT2D eigenvalue weighted by atomic mass is 10.0. The number of rotatable bonds is 35. The predicted molar refractivity (Wildman–Crippen MR) is 193 cm³/mol. The Morgan fingerprint density at radius 3 is 1.32 bits per heavy atom. The Balaban J connectivity index is 4.36. The number of esters is 2. The highest BCUT2D eigenvalue weighted by Gasteiger charge is 2.31. The molecule has 0 radical (unpaired) electrons. The highest BCUT2D eigenvalue weighted by Crippen LogP contribution is 2.15. The second kappa shape index (κ2) is 31.6. The van der Waals surface area contributed by atoms with Crippen molar-refractivity contribution in [3.8, 4) is 0 Å². The third kappa shape index (κ3) is 30.1. The van der Waals surface area contributed by atoms with Crippen molar-refractivity contribution in [3.63, 3.8) is 0 Å². The van der Waals surface area contributed by atoms with Gasteiger partial charge in [0.1, 0.15) is 6.61 Å². The molecule has 0 aromatic carbocycles. The van der Waals surface area contributed by atoms with Crippen LogP contribution in [0.5, 0.6) is 0 Å². The maximum absolute atomic E-state index is 12.6. The number of carbonyl (C=O) groups excluding carboxylic acids is 2. The molecule has 0 aliphatic heterocycles. The van der Waals surface area contributed by atoms with Gasteiger partial charge in [0.15, 0.2) is 12.1 Å². The Bertz CT molecular complexity index is 752. The Hall–Kier alpha value is -1.67. The fraction of sp³-hybridized carbons (Fsp3) is 0.923. The lowest BCUT2D eigenvalue weighted by Gasteiger charge is -2.31. The fourth-order valence-electron chi connectivity index (χ4n) is 5.91. The number of carboxylic acids is 1. The molecule has 0 rings (SSSR count). The van der Waals surface area contributed by atoms with E-state index in [9.17, 15) is 19.5 Å². The molecule has 0 fully saturated rings. The number of ether oxygens (including phenoxy) is 3. The first-order valence-electron chi connectivity index (χ1n) is 19.6. The zero-order valence-electron chi connectivity index (χ0n) is 31.5. The molecule has 0 aliphatic carbocycles. The van der Waals surface area contributed by atoms with Crippen LogP contribution in [0.1, 0.15) is 181 Å². The standard InChI is InChI=1S/C39H75NO7/c1-6-8-10-12-14-16-17-18-19-20-22-24-26-28-30-38(42)47-35(33-45-32-31-36(39(43)44)40(3,4)5)34-46-37(41)29-27-25-23-21-15-13-11-9-7-2/h35-36H,6-34H2,1-5H3/p+1. The lowest BCUT2D eigenvalue weighted by Crippen LogP contribution is -2.50. The summed E-state index contributed by atoms with van der Waals surface area (Å²) in [7, 11) is 5.52. The summed E-state index contributed by atoms with van der Waals surface area (Å²) >= 11 is 0. The highest BCUT2D eigenvalue weighted by molar-refractivity contribution is 5.72. The normalized spacial score (nSPS) is 13.0.